The Labute approximate surface area is 339 Å². The Kier molecular flexibility index (Phi) is 11.6. The molecule has 0 bridgehead atoms. The number of fused-ring (bicyclic) bond motifs is 7. The lowest BCUT2D eigenvalue weighted by atomic mass is 9.33. The molecule has 2 aliphatic heterocycles. The Balaban J connectivity index is 1.20. The molecule has 0 radical (unpaired) electrons. The van der Waals surface area contributed by atoms with Crippen molar-refractivity contribution in [2.45, 2.75) is 166 Å². The number of aliphatic carboxylic acids is 1. The summed E-state index contributed by atoms with van der Waals surface area (Å²) in [6.07, 6.45) is -8.87. The van der Waals surface area contributed by atoms with Crippen LogP contribution in [0.2, 0.25) is 0 Å². The van der Waals surface area contributed by atoms with Crippen molar-refractivity contribution in [1.29, 1.82) is 0 Å². The molecular weight excluding hydrogens is 760 g/mol. The second-order valence-electron chi connectivity index (χ2n) is 20.2. The Bertz CT molecular complexity index is 1610. The molecule has 0 unspecified atom stereocenters. The van der Waals surface area contributed by atoms with Crippen LogP contribution >= 0.6 is 0 Å². The number of ether oxygens (including phenoxy) is 4. The summed E-state index contributed by atoms with van der Waals surface area (Å²) in [5, 5.41) is 104. The zero-order valence-electron chi connectivity index (χ0n) is 34.3. The molecule has 10 N–H and O–H groups in total. The first-order valence-electron chi connectivity index (χ1n) is 21.1. The van der Waals surface area contributed by atoms with Crippen LogP contribution in [-0.2, 0) is 28.5 Å². The Hall–Kier alpha value is -1.80. The fourth-order valence-corrected chi connectivity index (χ4v) is 13.5. The van der Waals surface area contributed by atoms with Gasteiger partial charge in [0.25, 0.3) is 0 Å². The molecule has 16 heteroatoms. The Morgan fingerprint density at radius 3 is 1.90 bits per heavy atom. The van der Waals surface area contributed by atoms with Crippen molar-refractivity contribution in [3.8, 4) is 0 Å². The second-order valence-corrected chi connectivity index (χ2v) is 20.2. The van der Waals surface area contributed by atoms with Crippen LogP contribution in [0.15, 0.2) is 11.6 Å². The maximum atomic E-state index is 14.6. The molecule has 7 aliphatic rings. The fourth-order valence-electron chi connectivity index (χ4n) is 13.5. The number of aliphatic hydroxyl groups excluding tert-OH is 9. The van der Waals surface area contributed by atoms with Crippen molar-refractivity contribution < 1.29 is 79.6 Å². The van der Waals surface area contributed by atoms with Gasteiger partial charge in [-0.1, -0.05) is 39.3 Å². The SMILES string of the molecule is C[C@@]1(CO)CC[C@]2(C(=O)O[C@@H]3O[C@H](CO)[C@@H](O)[C@H](O)[C@H]3O)CC[C@@]3(C)C(=CC[C@@H]4[C@]5(C)CC[C@@H](O[C@@H]6O[C@H](CO)[C@@H](O)[C@H](O)[C@H]6O)[C@](C)(C(=O)O)[C@H]5CC[C@]43C)[C@H]2C1. The molecule has 0 aromatic rings. The molecule has 20 atom stereocenters. The van der Waals surface area contributed by atoms with Gasteiger partial charge in [0.1, 0.15) is 48.8 Å². The van der Waals surface area contributed by atoms with E-state index in [0.29, 0.717) is 64.2 Å². The van der Waals surface area contributed by atoms with Crippen LogP contribution in [0.25, 0.3) is 0 Å². The van der Waals surface area contributed by atoms with Gasteiger partial charge in [-0.05, 0) is 111 Å². The highest BCUT2D eigenvalue weighted by atomic mass is 16.7. The van der Waals surface area contributed by atoms with Crippen LogP contribution in [0.3, 0.4) is 0 Å². The number of rotatable bonds is 8. The number of carbonyl (C=O) groups is 2. The van der Waals surface area contributed by atoms with Gasteiger partial charge in [0.15, 0.2) is 6.29 Å². The molecule has 0 aromatic heterocycles. The van der Waals surface area contributed by atoms with Crippen molar-refractivity contribution in [2.75, 3.05) is 19.8 Å². The van der Waals surface area contributed by atoms with E-state index in [1.807, 2.05) is 6.92 Å². The largest absolute Gasteiger partial charge is 0.481 e. The van der Waals surface area contributed by atoms with E-state index in [1.165, 1.54) is 0 Å². The van der Waals surface area contributed by atoms with Crippen molar-refractivity contribution >= 4 is 11.9 Å². The molecule has 0 spiro atoms. The molecule has 16 nitrogen and oxygen atoms in total. The number of carboxylic acid groups (broad SMARTS) is 1. The summed E-state index contributed by atoms with van der Waals surface area (Å²) in [7, 11) is 0. The third kappa shape index (κ3) is 6.29. The Morgan fingerprint density at radius 2 is 1.31 bits per heavy atom. The quantitative estimate of drug-likeness (QED) is 0.0899. The normalized spacial score (nSPS) is 54.2. The van der Waals surface area contributed by atoms with Gasteiger partial charge in [-0.15, -0.1) is 0 Å². The smallest absolute Gasteiger partial charge is 0.315 e. The molecule has 0 amide bonds. The van der Waals surface area contributed by atoms with Crippen LogP contribution in [0, 0.1) is 50.2 Å². The molecule has 7 rings (SSSR count). The topological polar surface area (TPSA) is 273 Å². The summed E-state index contributed by atoms with van der Waals surface area (Å²) in [6, 6.07) is 0. The number of hydrogen-bond donors (Lipinski definition) is 10. The van der Waals surface area contributed by atoms with Gasteiger partial charge < -0.3 is 70.0 Å². The average molecular weight is 827 g/mol. The number of aliphatic hydroxyl groups is 9. The van der Waals surface area contributed by atoms with Crippen molar-refractivity contribution in [3.05, 3.63) is 11.6 Å². The first-order chi connectivity index (χ1) is 27.1. The lowest BCUT2D eigenvalue weighted by molar-refractivity contribution is -0.329. The lowest BCUT2D eigenvalue weighted by Crippen LogP contribution is -2.68. The van der Waals surface area contributed by atoms with Crippen molar-refractivity contribution in [1.82, 2.24) is 0 Å². The van der Waals surface area contributed by atoms with Gasteiger partial charge in [-0.3, -0.25) is 9.59 Å². The molecule has 4 saturated carbocycles. The van der Waals surface area contributed by atoms with Crippen molar-refractivity contribution in [2.24, 2.45) is 50.2 Å². The fraction of sp³-hybridized carbons (Fsp3) is 0.905. The van der Waals surface area contributed by atoms with E-state index in [2.05, 4.69) is 26.8 Å². The number of hydrogen-bond acceptors (Lipinski definition) is 15. The summed E-state index contributed by atoms with van der Waals surface area (Å²) in [5.74, 6) is -2.32. The summed E-state index contributed by atoms with van der Waals surface area (Å²) in [4.78, 5) is 28.1. The third-order valence-electron chi connectivity index (χ3n) is 17.6. The molecule has 2 heterocycles. The highest BCUT2D eigenvalue weighted by Gasteiger charge is 2.71. The minimum atomic E-state index is -1.74. The van der Waals surface area contributed by atoms with Crippen LogP contribution in [0.5, 0.6) is 0 Å². The minimum absolute atomic E-state index is 0.0285. The molecule has 58 heavy (non-hydrogen) atoms. The van der Waals surface area contributed by atoms with Crippen LogP contribution < -0.4 is 0 Å². The Morgan fingerprint density at radius 1 is 0.724 bits per heavy atom. The molecule has 6 fully saturated rings. The first-order valence-corrected chi connectivity index (χ1v) is 21.1. The van der Waals surface area contributed by atoms with E-state index in [9.17, 15) is 60.7 Å². The summed E-state index contributed by atoms with van der Waals surface area (Å²) >= 11 is 0. The van der Waals surface area contributed by atoms with Crippen LogP contribution in [0.1, 0.15) is 98.8 Å². The number of allylic oxidation sites excluding steroid dienone is 2. The van der Waals surface area contributed by atoms with Gasteiger partial charge in [0.05, 0.1) is 30.1 Å². The number of carboxylic acids is 1. The molecule has 330 valence electrons. The standard InChI is InChI=1S/C42H66O16/c1-37(19-45)12-14-42(36(54)58-34-32(51)30(49)28(47)23(18-44)56-34)15-13-39(3)20(21(42)16-37)6-7-24-38(2)10-9-26(41(5,35(52)53)25(38)8-11-40(24,39)4)57-33-31(50)29(48)27(46)22(17-43)55-33/h6,21-34,43-51H,7-19H2,1-5H3,(H,52,53)/t21-,22-,23-,24-,25+,26-,27-,28-,29+,30+,31-,32-,33+,34+,37-,38+,39+,40-,41-,42+/m1/s1. The molecule has 5 aliphatic carbocycles. The van der Waals surface area contributed by atoms with Gasteiger partial charge in [-0.25, -0.2) is 0 Å². The molecular formula is C42H66O16. The summed E-state index contributed by atoms with van der Waals surface area (Å²) in [6.45, 7) is 9.07. The van der Waals surface area contributed by atoms with E-state index < -0.39 is 120 Å². The maximum Gasteiger partial charge on any atom is 0.315 e. The van der Waals surface area contributed by atoms with Gasteiger partial charge in [0, 0.05) is 6.61 Å². The monoisotopic (exact) mass is 826 g/mol. The van der Waals surface area contributed by atoms with Gasteiger partial charge in [0.2, 0.25) is 6.29 Å². The van der Waals surface area contributed by atoms with E-state index >= 15 is 0 Å². The molecule has 0 aromatic carbocycles. The minimum Gasteiger partial charge on any atom is -0.481 e. The zero-order valence-corrected chi connectivity index (χ0v) is 34.3. The zero-order chi connectivity index (χ0) is 42.5. The van der Waals surface area contributed by atoms with Gasteiger partial charge >= 0.3 is 11.9 Å². The predicted molar refractivity (Wildman–Crippen MR) is 201 cm³/mol. The lowest BCUT2D eigenvalue weighted by Gasteiger charge is -2.71. The third-order valence-corrected chi connectivity index (χ3v) is 17.6. The van der Waals surface area contributed by atoms with Gasteiger partial charge in [-0.2, -0.15) is 0 Å². The van der Waals surface area contributed by atoms with Crippen LogP contribution in [0.4, 0.5) is 0 Å². The van der Waals surface area contributed by atoms with Crippen LogP contribution in [-0.4, -0.2) is 150 Å². The maximum absolute atomic E-state index is 14.6. The number of carbonyl (C=O) groups excluding carboxylic acids is 1. The predicted octanol–water partition coefficient (Wildman–Crippen LogP) is 0.353. The second kappa shape index (κ2) is 15.2. The van der Waals surface area contributed by atoms with E-state index in [0.717, 1.165) is 5.57 Å². The summed E-state index contributed by atoms with van der Waals surface area (Å²) < 4.78 is 23.4. The summed E-state index contributed by atoms with van der Waals surface area (Å²) in [5.41, 5.74) is -3.09. The first kappa shape index (κ1) is 44.3. The van der Waals surface area contributed by atoms with E-state index in [1.54, 1.807) is 6.92 Å². The average Bonchev–Trinajstić information content (AvgIpc) is 3.19. The van der Waals surface area contributed by atoms with Crippen molar-refractivity contribution in [3.63, 3.8) is 0 Å². The van der Waals surface area contributed by atoms with E-state index in [4.69, 9.17) is 18.9 Å². The highest BCUT2D eigenvalue weighted by Crippen LogP contribution is 2.76. The highest BCUT2D eigenvalue weighted by molar-refractivity contribution is 5.79. The van der Waals surface area contributed by atoms with E-state index in [-0.39, 0.29) is 29.8 Å². The molecule has 2 saturated heterocycles. The number of esters is 1.